The van der Waals surface area contributed by atoms with Gasteiger partial charge in [-0.3, -0.25) is 4.90 Å². The van der Waals surface area contributed by atoms with E-state index in [2.05, 4.69) is 42.8 Å². The highest BCUT2D eigenvalue weighted by Crippen LogP contribution is 2.11. The van der Waals surface area contributed by atoms with Crippen molar-refractivity contribution in [2.24, 2.45) is 0 Å². The molecule has 1 N–H and O–H groups in total. The molecule has 2 heterocycles. The van der Waals surface area contributed by atoms with Gasteiger partial charge in [0.15, 0.2) is 0 Å². The van der Waals surface area contributed by atoms with Crippen molar-refractivity contribution in [3.63, 3.8) is 0 Å². The molecule has 1 aliphatic rings. The SMILES string of the molecule is Ic1cncnc1NCCN1CCOCC1. The van der Waals surface area contributed by atoms with Crippen molar-refractivity contribution in [3.05, 3.63) is 16.1 Å². The van der Waals surface area contributed by atoms with Crippen LogP contribution in [0.2, 0.25) is 0 Å². The second kappa shape index (κ2) is 6.31. The summed E-state index contributed by atoms with van der Waals surface area (Å²) in [5.74, 6) is 0.920. The number of hydrogen-bond donors (Lipinski definition) is 1. The fourth-order valence-electron chi connectivity index (χ4n) is 1.60. The van der Waals surface area contributed by atoms with Crippen molar-refractivity contribution >= 4 is 28.4 Å². The topological polar surface area (TPSA) is 50.3 Å². The minimum Gasteiger partial charge on any atom is -0.379 e. The van der Waals surface area contributed by atoms with Crippen LogP contribution in [-0.4, -0.2) is 54.3 Å². The Hall–Kier alpha value is -0.470. The van der Waals surface area contributed by atoms with Crippen LogP contribution in [-0.2, 0) is 4.74 Å². The Morgan fingerprint density at radius 3 is 3.00 bits per heavy atom. The molecule has 1 aromatic rings. The quantitative estimate of drug-likeness (QED) is 0.827. The first-order valence-electron chi connectivity index (χ1n) is 5.36. The first-order chi connectivity index (χ1) is 7.86. The molecule has 0 atom stereocenters. The van der Waals surface area contributed by atoms with Gasteiger partial charge in [0.05, 0.1) is 16.8 Å². The predicted octanol–water partition coefficient (Wildman–Crippen LogP) is 0.825. The van der Waals surface area contributed by atoms with Crippen molar-refractivity contribution in [2.45, 2.75) is 0 Å². The molecule has 2 rings (SSSR count). The Bertz CT molecular complexity index is 330. The van der Waals surface area contributed by atoms with Gasteiger partial charge in [0.2, 0.25) is 0 Å². The summed E-state index contributed by atoms with van der Waals surface area (Å²) in [7, 11) is 0. The van der Waals surface area contributed by atoms with Gasteiger partial charge in [0.25, 0.3) is 0 Å². The molecule has 0 aliphatic carbocycles. The largest absolute Gasteiger partial charge is 0.379 e. The van der Waals surface area contributed by atoms with Crippen LogP contribution in [0.5, 0.6) is 0 Å². The highest BCUT2D eigenvalue weighted by atomic mass is 127. The van der Waals surface area contributed by atoms with Crippen molar-refractivity contribution in [1.29, 1.82) is 0 Å². The number of hydrogen-bond acceptors (Lipinski definition) is 5. The maximum atomic E-state index is 5.30. The molecule has 88 valence electrons. The van der Waals surface area contributed by atoms with Crippen LogP contribution in [0, 0.1) is 3.57 Å². The van der Waals surface area contributed by atoms with E-state index in [4.69, 9.17) is 4.74 Å². The predicted molar refractivity (Wildman–Crippen MR) is 70.5 cm³/mol. The third-order valence-corrected chi connectivity index (χ3v) is 3.28. The summed E-state index contributed by atoms with van der Waals surface area (Å²) in [5.41, 5.74) is 0. The van der Waals surface area contributed by atoms with Gasteiger partial charge in [-0.2, -0.15) is 0 Å². The van der Waals surface area contributed by atoms with Gasteiger partial charge in [0.1, 0.15) is 12.1 Å². The smallest absolute Gasteiger partial charge is 0.142 e. The number of rotatable bonds is 4. The molecule has 0 radical (unpaired) electrons. The normalized spacial score (nSPS) is 17.3. The molecular weight excluding hydrogens is 319 g/mol. The van der Waals surface area contributed by atoms with Crippen LogP contribution in [0.25, 0.3) is 0 Å². The number of ether oxygens (including phenoxy) is 1. The zero-order valence-electron chi connectivity index (χ0n) is 9.03. The van der Waals surface area contributed by atoms with Crippen LogP contribution < -0.4 is 5.32 Å². The van der Waals surface area contributed by atoms with Crippen LogP contribution in [0.3, 0.4) is 0 Å². The van der Waals surface area contributed by atoms with Gasteiger partial charge in [-0.1, -0.05) is 0 Å². The second-order valence-corrected chi connectivity index (χ2v) is 4.76. The fraction of sp³-hybridized carbons (Fsp3) is 0.600. The van der Waals surface area contributed by atoms with Gasteiger partial charge in [-0.15, -0.1) is 0 Å². The third-order valence-electron chi connectivity index (χ3n) is 2.49. The van der Waals surface area contributed by atoms with Gasteiger partial charge in [-0.25, -0.2) is 9.97 Å². The molecule has 1 fully saturated rings. The van der Waals surface area contributed by atoms with Crippen LogP contribution in [0.1, 0.15) is 0 Å². The maximum absolute atomic E-state index is 5.30. The maximum Gasteiger partial charge on any atom is 0.142 e. The van der Waals surface area contributed by atoms with Gasteiger partial charge in [0, 0.05) is 32.4 Å². The summed E-state index contributed by atoms with van der Waals surface area (Å²) in [5, 5.41) is 3.32. The third kappa shape index (κ3) is 3.53. The van der Waals surface area contributed by atoms with E-state index in [1.807, 2.05) is 6.20 Å². The van der Waals surface area contributed by atoms with Crippen molar-refractivity contribution in [3.8, 4) is 0 Å². The Morgan fingerprint density at radius 2 is 2.25 bits per heavy atom. The average Bonchev–Trinajstić information content (AvgIpc) is 2.33. The number of nitrogens with zero attached hydrogens (tertiary/aromatic N) is 3. The molecule has 1 saturated heterocycles. The van der Waals surface area contributed by atoms with E-state index in [1.54, 1.807) is 6.33 Å². The van der Waals surface area contributed by atoms with E-state index in [0.717, 1.165) is 48.8 Å². The van der Waals surface area contributed by atoms with Gasteiger partial charge in [-0.05, 0) is 22.6 Å². The summed E-state index contributed by atoms with van der Waals surface area (Å²) < 4.78 is 6.36. The second-order valence-electron chi connectivity index (χ2n) is 3.60. The van der Waals surface area contributed by atoms with Gasteiger partial charge >= 0.3 is 0 Å². The molecule has 16 heavy (non-hydrogen) atoms. The Morgan fingerprint density at radius 1 is 1.44 bits per heavy atom. The lowest BCUT2D eigenvalue weighted by molar-refractivity contribution is 0.0398. The van der Waals surface area contributed by atoms with Crippen molar-refractivity contribution in [2.75, 3.05) is 44.7 Å². The Kier molecular flexibility index (Phi) is 4.73. The molecular formula is C10H15IN4O. The van der Waals surface area contributed by atoms with E-state index < -0.39 is 0 Å². The molecule has 0 aromatic carbocycles. The lowest BCUT2D eigenvalue weighted by Crippen LogP contribution is -2.39. The standard InChI is InChI=1S/C10H15IN4O/c11-9-7-12-8-14-10(9)13-1-2-15-3-5-16-6-4-15/h7-8H,1-6H2,(H,12,13,14). The molecule has 1 aromatic heterocycles. The highest BCUT2D eigenvalue weighted by Gasteiger charge is 2.09. The van der Waals surface area contributed by atoms with E-state index in [1.165, 1.54) is 0 Å². The first-order valence-corrected chi connectivity index (χ1v) is 6.43. The minimum atomic E-state index is 0.852. The highest BCUT2D eigenvalue weighted by molar-refractivity contribution is 14.1. The Labute approximate surface area is 109 Å². The zero-order valence-corrected chi connectivity index (χ0v) is 11.2. The van der Waals surface area contributed by atoms with E-state index >= 15 is 0 Å². The van der Waals surface area contributed by atoms with Crippen LogP contribution in [0.15, 0.2) is 12.5 Å². The molecule has 0 unspecified atom stereocenters. The van der Waals surface area contributed by atoms with E-state index in [9.17, 15) is 0 Å². The number of aromatic nitrogens is 2. The molecule has 0 amide bonds. The Balaban J connectivity index is 1.73. The zero-order chi connectivity index (χ0) is 11.2. The summed E-state index contributed by atoms with van der Waals surface area (Å²) in [6.07, 6.45) is 3.38. The van der Waals surface area contributed by atoms with E-state index in [-0.39, 0.29) is 0 Å². The lowest BCUT2D eigenvalue weighted by Gasteiger charge is -2.26. The van der Waals surface area contributed by atoms with Crippen LogP contribution >= 0.6 is 22.6 Å². The van der Waals surface area contributed by atoms with E-state index in [0.29, 0.717) is 0 Å². The molecule has 0 spiro atoms. The monoisotopic (exact) mass is 334 g/mol. The van der Waals surface area contributed by atoms with Crippen molar-refractivity contribution in [1.82, 2.24) is 14.9 Å². The average molecular weight is 334 g/mol. The van der Waals surface area contributed by atoms with Crippen molar-refractivity contribution < 1.29 is 4.74 Å². The number of halogens is 1. The summed E-state index contributed by atoms with van der Waals surface area (Å²) in [6.45, 7) is 5.71. The molecule has 6 heteroatoms. The minimum absolute atomic E-state index is 0.852. The molecule has 1 aliphatic heterocycles. The number of anilines is 1. The molecule has 5 nitrogen and oxygen atoms in total. The molecule has 0 saturated carbocycles. The number of morpholine rings is 1. The van der Waals surface area contributed by atoms with Gasteiger partial charge < -0.3 is 10.1 Å². The lowest BCUT2D eigenvalue weighted by atomic mass is 10.4. The summed E-state index contributed by atoms with van der Waals surface area (Å²) in [4.78, 5) is 10.5. The summed E-state index contributed by atoms with van der Waals surface area (Å²) in [6, 6.07) is 0. The first kappa shape index (κ1) is 12.0. The molecule has 0 bridgehead atoms. The number of nitrogens with one attached hydrogen (secondary N) is 1. The fourth-order valence-corrected chi connectivity index (χ4v) is 2.09. The summed E-state index contributed by atoms with van der Waals surface area (Å²) >= 11 is 2.23. The van der Waals surface area contributed by atoms with Crippen LogP contribution in [0.4, 0.5) is 5.82 Å².